The Hall–Kier alpha value is -2.36. The molecular formula is C22H27N3O. The van der Waals surface area contributed by atoms with Crippen molar-refractivity contribution in [2.24, 2.45) is 0 Å². The van der Waals surface area contributed by atoms with E-state index in [0.29, 0.717) is 11.7 Å². The highest BCUT2D eigenvalue weighted by molar-refractivity contribution is 6.05. The molecule has 2 aromatic rings. The maximum Gasteiger partial charge on any atom is 0.276 e. The minimum Gasteiger partial charge on any atom is -0.368 e. The van der Waals surface area contributed by atoms with E-state index in [-0.39, 0.29) is 5.91 Å². The van der Waals surface area contributed by atoms with Crippen LogP contribution in [0.4, 0.5) is 11.4 Å². The molecule has 1 aromatic carbocycles. The van der Waals surface area contributed by atoms with Crippen molar-refractivity contribution in [1.82, 2.24) is 4.98 Å². The van der Waals surface area contributed by atoms with E-state index in [1.165, 1.54) is 24.8 Å². The summed E-state index contributed by atoms with van der Waals surface area (Å²) in [7, 11) is 0. The SMILES string of the molecule is CCC1CCCCN1c1ccnc(C(=O)N2CCCc3ccccc32)c1. The highest BCUT2D eigenvalue weighted by atomic mass is 16.2. The number of aromatic nitrogens is 1. The molecule has 1 atom stereocenters. The van der Waals surface area contributed by atoms with Gasteiger partial charge in [0.05, 0.1) is 0 Å². The first-order chi connectivity index (χ1) is 12.8. The maximum atomic E-state index is 13.2. The quantitative estimate of drug-likeness (QED) is 0.822. The molecule has 0 spiro atoms. The highest BCUT2D eigenvalue weighted by Crippen LogP contribution is 2.30. The average Bonchev–Trinajstić information content (AvgIpc) is 2.73. The molecule has 4 rings (SSSR count). The molecule has 0 bridgehead atoms. The lowest BCUT2D eigenvalue weighted by molar-refractivity contribution is 0.0980. The van der Waals surface area contributed by atoms with Crippen molar-refractivity contribution in [2.45, 2.75) is 51.5 Å². The standard InChI is InChI=1S/C22H27N3O/c1-2-18-10-5-6-14-24(18)19-12-13-23-20(16-19)22(26)25-15-7-9-17-8-3-4-11-21(17)25/h3-4,8,11-13,16,18H,2,5-7,9-10,14-15H2,1H3. The Morgan fingerprint density at radius 2 is 2.04 bits per heavy atom. The third-order valence-corrected chi connectivity index (χ3v) is 5.75. The second kappa shape index (κ2) is 7.48. The minimum atomic E-state index is 0.0176. The Kier molecular flexibility index (Phi) is 4.91. The van der Waals surface area contributed by atoms with Crippen molar-refractivity contribution in [2.75, 3.05) is 22.9 Å². The molecule has 1 aromatic heterocycles. The number of fused-ring (bicyclic) bond motifs is 1. The number of anilines is 2. The van der Waals surface area contributed by atoms with Gasteiger partial charge in [-0.15, -0.1) is 0 Å². The predicted octanol–water partition coefficient (Wildman–Crippen LogP) is 4.44. The van der Waals surface area contributed by atoms with E-state index in [1.807, 2.05) is 29.2 Å². The summed E-state index contributed by atoms with van der Waals surface area (Å²) in [6.07, 6.45) is 8.75. The van der Waals surface area contributed by atoms with Crippen LogP contribution in [0.5, 0.6) is 0 Å². The van der Waals surface area contributed by atoms with E-state index in [9.17, 15) is 4.79 Å². The van der Waals surface area contributed by atoms with Crippen molar-refractivity contribution in [3.63, 3.8) is 0 Å². The summed E-state index contributed by atoms with van der Waals surface area (Å²) >= 11 is 0. The van der Waals surface area contributed by atoms with Crippen LogP contribution in [0.15, 0.2) is 42.6 Å². The topological polar surface area (TPSA) is 36.4 Å². The smallest absolute Gasteiger partial charge is 0.276 e. The molecule has 1 unspecified atom stereocenters. The molecule has 0 saturated carbocycles. The zero-order valence-electron chi connectivity index (χ0n) is 15.5. The first-order valence-corrected chi connectivity index (χ1v) is 9.90. The molecule has 1 saturated heterocycles. The summed E-state index contributed by atoms with van der Waals surface area (Å²) in [5.41, 5.74) is 3.99. The molecule has 2 aliphatic heterocycles. The van der Waals surface area contributed by atoms with Gasteiger partial charge in [-0.3, -0.25) is 9.78 Å². The van der Waals surface area contributed by atoms with Gasteiger partial charge in [-0.1, -0.05) is 25.1 Å². The van der Waals surface area contributed by atoms with Crippen LogP contribution in [-0.4, -0.2) is 30.0 Å². The summed E-state index contributed by atoms with van der Waals surface area (Å²) in [6, 6.07) is 12.8. The lowest BCUT2D eigenvalue weighted by atomic mass is 9.99. The number of para-hydroxylation sites is 1. The van der Waals surface area contributed by atoms with Gasteiger partial charge >= 0.3 is 0 Å². The summed E-state index contributed by atoms with van der Waals surface area (Å²) in [6.45, 7) is 4.09. The van der Waals surface area contributed by atoms with Gasteiger partial charge in [0, 0.05) is 36.7 Å². The van der Waals surface area contributed by atoms with E-state index in [0.717, 1.165) is 43.7 Å². The molecule has 2 aliphatic rings. The number of hydrogen-bond donors (Lipinski definition) is 0. The summed E-state index contributed by atoms with van der Waals surface area (Å²) in [5.74, 6) is 0.0176. The minimum absolute atomic E-state index is 0.0176. The van der Waals surface area contributed by atoms with Crippen LogP contribution in [0.25, 0.3) is 0 Å². The Morgan fingerprint density at radius 1 is 1.15 bits per heavy atom. The molecule has 0 N–H and O–H groups in total. The van der Waals surface area contributed by atoms with E-state index in [1.54, 1.807) is 6.20 Å². The molecule has 1 amide bonds. The van der Waals surface area contributed by atoms with Gasteiger partial charge in [0.25, 0.3) is 5.91 Å². The summed E-state index contributed by atoms with van der Waals surface area (Å²) < 4.78 is 0. The van der Waals surface area contributed by atoms with E-state index >= 15 is 0 Å². The molecule has 4 nitrogen and oxygen atoms in total. The molecule has 1 fully saturated rings. The summed E-state index contributed by atoms with van der Waals surface area (Å²) in [4.78, 5) is 22.0. The monoisotopic (exact) mass is 349 g/mol. The van der Waals surface area contributed by atoms with Crippen molar-refractivity contribution >= 4 is 17.3 Å². The van der Waals surface area contributed by atoms with E-state index < -0.39 is 0 Å². The second-order valence-corrected chi connectivity index (χ2v) is 7.34. The zero-order valence-corrected chi connectivity index (χ0v) is 15.5. The number of benzene rings is 1. The highest BCUT2D eigenvalue weighted by Gasteiger charge is 2.26. The number of rotatable bonds is 3. The van der Waals surface area contributed by atoms with Gasteiger partial charge in [-0.25, -0.2) is 0 Å². The Morgan fingerprint density at radius 3 is 2.92 bits per heavy atom. The van der Waals surface area contributed by atoms with Gasteiger partial charge in [-0.05, 0) is 62.3 Å². The number of nitrogens with zero attached hydrogens (tertiary/aromatic N) is 3. The molecule has 0 aliphatic carbocycles. The van der Waals surface area contributed by atoms with E-state index in [4.69, 9.17) is 0 Å². The van der Waals surface area contributed by atoms with Crippen LogP contribution in [-0.2, 0) is 6.42 Å². The Balaban J connectivity index is 1.62. The van der Waals surface area contributed by atoms with Crippen molar-refractivity contribution in [1.29, 1.82) is 0 Å². The largest absolute Gasteiger partial charge is 0.368 e. The van der Waals surface area contributed by atoms with Gasteiger partial charge in [-0.2, -0.15) is 0 Å². The number of pyridine rings is 1. The number of carbonyl (C=O) groups is 1. The van der Waals surface area contributed by atoms with Gasteiger partial charge < -0.3 is 9.80 Å². The average molecular weight is 349 g/mol. The Bertz CT molecular complexity index is 788. The fourth-order valence-electron chi connectivity index (χ4n) is 4.36. The predicted molar refractivity (Wildman–Crippen MR) is 106 cm³/mol. The normalized spacial score (nSPS) is 20.0. The van der Waals surface area contributed by atoms with Crippen LogP contribution < -0.4 is 9.80 Å². The fraction of sp³-hybridized carbons (Fsp3) is 0.455. The fourth-order valence-corrected chi connectivity index (χ4v) is 4.36. The van der Waals surface area contributed by atoms with Gasteiger partial charge in [0.1, 0.15) is 5.69 Å². The molecular weight excluding hydrogens is 322 g/mol. The molecule has 4 heteroatoms. The number of amides is 1. The molecule has 3 heterocycles. The molecule has 0 radical (unpaired) electrons. The lowest BCUT2D eigenvalue weighted by Gasteiger charge is -2.37. The Labute approximate surface area is 155 Å². The molecule has 136 valence electrons. The lowest BCUT2D eigenvalue weighted by Crippen LogP contribution is -2.39. The third kappa shape index (κ3) is 3.20. The van der Waals surface area contributed by atoms with Crippen LogP contribution >= 0.6 is 0 Å². The van der Waals surface area contributed by atoms with Crippen LogP contribution in [0.1, 0.15) is 55.1 Å². The van der Waals surface area contributed by atoms with Crippen molar-refractivity contribution in [3.8, 4) is 0 Å². The van der Waals surface area contributed by atoms with Crippen molar-refractivity contribution in [3.05, 3.63) is 53.9 Å². The number of hydrogen-bond acceptors (Lipinski definition) is 3. The van der Waals surface area contributed by atoms with Gasteiger partial charge in [0.15, 0.2) is 0 Å². The van der Waals surface area contributed by atoms with Crippen LogP contribution in [0, 0.1) is 0 Å². The molecule has 26 heavy (non-hydrogen) atoms. The van der Waals surface area contributed by atoms with Crippen LogP contribution in [0.3, 0.4) is 0 Å². The number of piperidine rings is 1. The number of aryl methyl sites for hydroxylation is 1. The number of carbonyl (C=O) groups excluding carboxylic acids is 1. The zero-order chi connectivity index (χ0) is 17.9. The van der Waals surface area contributed by atoms with Crippen molar-refractivity contribution < 1.29 is 4.79 Å². The van der Waals surface area contributed by atoms with E-state index in [2.05, 4.69) is 28.9 Å². The van der Waals surface area contributed by atoms with Crippen LogP contribution in [0.2, 0.25) is 0 Å². The first-order valence-electron chi connectivity index (χ1n) is 9.90. The first kappa shape index (κ1) is 17.1. The summed E-state index contributed by atoms with van der Waals surface area (Å²) in [5, 5.41) is 0. The van der Waals surface area contributed by atoms with Gasteiger partial charge in [0.2, 0.25) is 0 Å². The second-order valence-electron chi connectivity index (χ2n) is 7.34. The third-order valence-electron chi connectivity index (χ3n) is 5.75. The maximum absolute atomic E-state index is 13.2.